The Kier molecular flexibility index (Phi) is 3.40. The Morgan fingerprint density at radius 1 is 1.53 bits per heavy atom. The highest BCUT2D eigenvalue weighted by Gasteiger charge is 2.24. The number of ether oxygens (including phenoxy) is 1. The minimum Gasteiger partial charge on any atom is -0.476 e. The number of nitrogens with zero attached hydrogens (tertiary/aromatic N) is 3. The molecule has 0 bridgehead atoms. The van der Waals surface area contributed by atoms with Gasteiger partial charge in [0.2, 0.25) is 0 Å². The van der Waals surface area contributed by atoms with Crippen molar-refractivity contribution in [2.75, 3.05) is 6.61 Å². The first-order valence-electron chi connectivity index (χ1n) is 6.05. The van der Waals surface area contributed by atoms with Crippen molar-refractivity contribution < 1.29 is 14.6 Å². The Hall–Kier alpha value is -1.22. The number of halogens is 1. The molecule has 1 unspecified atom stereocenters. The van der Waals surface area contributed by atoms with Gasteiger partial charge in [-0.2, -0.15) is 5.10 Å². The van der Waals surface area contributed by atoms with Crippen LogP contribution in [-0.4, -0.2) is 32.4 Å². The third kappa shape index (κ3) is 2.32. The molecule has 7 heteroatoms. The van der Waals surface area contributed by atoms with Crippen LogP contribution in [0.5, 0.6) is 0 Å². The molecule has 0 saturated carbocycles. The van der Waals surface area contributed by atoms with Crippen molar-refractivity contribution in [2.45, 2.75) is 25.5 Å². The molecule has 0 aliphatic carbocycles. The van der Waals surface area contributed by atoms with Gasteiger partial charge in [-0.25, -0.2) is 14.5 Å². The smallest absolute Gasteiger partial charge is 0.357 e. The van der Waals surface area contributed by atoms with Gasteiger partial charge in [-0.15, -0.1) is 0 Å². The van der Waals surface area contributed by atoms with Crippen molar-refractivity contribution in [3.63, 3.8) is 0 Å². The molecule has 0 aromatic carbocycles. The highest BCUT2D eigenvalue weighted by Crippen LogP contribution is 2.27. The maximum Gasteiger partial charge on any atom is 0.357 e. The van der Waals surface area contributed by atoms with Crippen molar-refractivity contribution in [2.24, 2.45) is 0 Å². The van der Waals surface area contributed by atoms with Gasteiger partial charge in [-0.1, -0.05) is 0 Å². The summed E-state index contributed by atoms with van der Waals surface area (Å²) in [5.74, 6) is -1.04. The Labute approximate surface area is 122 Å². The second kappa shape index (κ2) is 5.04. The van der Waals surface area contributed by atoms with Gasteiger partial charge in [0.05, 0.1) is 5.39 Å². The minimum absolute atomic E-state index is 0.0372. The molecule has 6 nitrogen and oxygen atoms in total. The van der Waals surface area contributed by atoms with Crippen LogP contribution in [0.3, 0.4) is 0 Å². The Morgan fingerprint density at radius 2 is 2.37 bits per heavy atom. The van der Waals surface area contributed by atoms with Crippen LogP contribution in [0.25, 0.3) is 11.0 Å². The van der Waals surface area contributed by atoms with Gasteiger partial charge in [-0.05, 0) is 47.9 Å². The minimum atomic E-state index is -1.04. The average Bonchev–Trinajstić information content (AvgIpc) is 2.78. The fourth-order valence-electron chi connectivity index (χ4n) is 2.27. The van der Waals surface area contributed by atoms with Crippen molar-refractivity contribution in [3.8, 4) is 0 Å². The number of hydrogen-bond acceptors (Lipinski definition) is 4. The summed E-state index contributed by atoms with van der Waals surface area (Å²) in [6.45, 7) is 0.679. The second-order valence-corrected chi connectivity index (χ2v) is 5.69. The van der Waals surface area contributed by atoms with Crippen molar-refractivity contribution in [1.82, 2.24) is 14.8 Å². The summed E-state index contributed by atoms with van der Waals surface area (Å²) in [6, 6.07) is 1.79. The number of rotatable bonds is 2. The van der Waals surface area contributed by atoms with E-state index < -0.39 is 5.97 Å². The Balaban J connectivity index is 2.16. The molecule has 1 aliphatic heterocycles. The standard InChI is InChI=1S/C12H12IN3O3/c13-7-5-8-10(12(17)18)15-16(11(8)14-6-7)9-3-1-2-4-19-9/h5-6,9H,1-4H2,(H,17,18). The lowest BCUT2D eigenvalue weighted by Gasteiger charge is -2.22. The molecule has 2 aromatic heterocycles. The molecule has 1 atom stereocenters. The van der Waals surface area contributed by atoms with Gasteiger partial charge < -0.3 is 9.84 Å². The zero-order valence-corrected chi connectivity index (χ0v) is 12.2. The van der Waals surface area contributed by atoms with Crippen LogP contribution in [0.1, 0.15) is 36.0 Å². The summed E-state index contributed by atoms with van der Waals surface area (Å²) < 4.78 is 8.15. The first kappa shape index (κ1) is 12.8. The first-order valence-corrected chi connectivity index (χ1v) is 7.13. The van der Waals surface area contributed by atoms with Gasteiger partial charge in [0.15, 0.2) is 17.6 Å². The zero-order valence-electron chi connectivity index (χ0n) is 10.0. The first-order chi connectivity index (χ1) is 9.16. The average molecular weight is 373 g/mol. The van der Waals surface area contributed by atoms with Crippen LogP contribution in [0.2, 0.25) is 0 Å². The van der Waals surface area contributed by atoms with E-state index in [9.17, 15) is 9.90 Å². The molecule has 0 radical (unpaired) electrons. The van der Waals surface area contributed by atoms with E-state index in [0.29, 0.717) is 17.6 Å². The molecule has 0 amide bonds. The highest BCUT2D eigenvalue weighted by molar-refractivity contribution is 14.1. The fourth-order valence-corrected chi connectivity index (χ4v) is 2.72. The zero-order chi connectivity index (χ0) is 13.4. The fraction of sp³-hybridized carbons (Fsp3) is 0.417. The van der Waals surface area contributed by atoms with Gasteiger partial charge in [0, 0.05) is 16.4 Å². The van der Waals surface area contributed by atoms with E-state index >= 15 is 0 Å². The van der Waals surface area contributed by atoms with Crippen molar-refractivity contribution in [1.29, 1.82) is 0 Å². The Bertz CT molecular complexity index is 634. The normalized spacial score (nSPS) is 19.7. The van der Waals surface area contributed by atoms with Crippen LogP contribution in [-0.2, 0) is 4.74 Å². The SMILES string of the molecule is O=C(O)c1nn(C2CCCCO2)c2ncc(I)cc12. The maximum atomic E-state index is 11.3. The van der Waals surface area contributed by atoms with Crippen LogP contribution >= 0.6 is 22.6 Å². The van der Waals surface area contributed by atoms with E-state index in [1.807, 2.05) is 0 Å². The third-order valence-corrected chi connectivity index (χ3v) is 3.73. The molecule has 19 heavy (non-hydrogen) atoms. The lowest BCUT2D eigenvalue weighted by Crippen LogP contribution is -2.19. The summed E-state index contributed by atoms with van der Waals surface area (Å²) in [4.78, 5) is 15.6. The molecule has 1 N–H and O–H groups in total. The number of carboxylic acid groups (broad SMARTS) is 1. The molecule has 100 valence electrons. The molecule has 1 fully saturated rings. The van der Waals surface area contributed by atoms with Gasteiger partial charge >= 0.3 is 5.97 Å². The number of carboxylic acids is 1. The van der Waals surface area contributed by atoms with Crippen molar-refractivity contribution >= 4 is 39.6 Å². The predicted octanol–water partition coefficient (Wildman–Crippen LogP) is 2.43. The third-order valence-electron chi connectivity index (χ3n) is 3.14. The van der Waals surface area contributed by atoms with E-state index in [-0.39, 0.29) is 11.9 Å². The van der Waals surface area contributed by atoms with E-state index in [2.05, 4.69) is 32.7 Å². The predicted molar refractivity (Wildman–Crippen MR) is 76.0 cm³/mol. The monoisotopic (exact) mass is 373 g/mol. The Morgan fingerprint density at radius 3 is 3.05 bits per heavy atom. The number of aromatic nitrogens is 3. The van der Waals surface area contributed by atoms with Gasteiger partial charge in [0.1, 0.15) is 0 Å². The summed E-state index contributed by atoms with van der Waals surface area (Å²) in [6.07, 6.45) is 4.42. The largest absolute Gasteiger partial charge is 0.476 e. The topological polar surface area (TPSA) is 77.2 Å². The molecular formula is C12H12IN3O3. The van der Waals surface area contributed by atoms with E-state index in [4.69, 9.17) is 4.74 Å². The second-order valence-electron chi connectivity index (χ2n) is 4.44. The highest BCUT2D eigenvalue weighted by atomic mass is 127. The molecule has 3 heterocycles. The van der Waals surface area contributed by atoms with Crippen LogP contribution < -0.4 is 0 Å². The summed E-state index contributed by atoms with van der Waals surface area (Å²) in [5.41, 5.74) is 0.611. The molecule has 1 saturated heterocycles. The van der Waals surface area contributed by atoms with Crippen molar-refractivity contribution in [3.05, 3.63) is 21.5 Å². The molecule has 2 aromatic rings. The quantitative estimate of drug-likeness (QED) is 0.819. The number of pyridine rings is 1. The van der Waals surface area contributed by atoms with Gasteiger partial charge in [-0.3, -0.25) is 0 Å². The number of aromatic carboxylic acids is 1. The van der Waals surface area contributed by atoms with E-state index in [1.54, 1.807) is 16.9 Å². The molecule has 1 aliphatic rings. The summed E-state index contributed by atoms with van der Waals surface area (Å²) >= 11 is 2.11. The van der Waals surface area contributed by atoms with E-state index in [0.717, 1.165) is 22.8 Å². The van der Waals surface area contributed by atoms with Crippen LogP contribution in [0.4, 0.5) is 0 Å². The maximum absolute atomic E-state index is 11.3. The van der Waals surface area contributed by atoms with Crippen LogP contribution in [0, 0.1) is 3.57 Å². The number of hydrogen-bond donors (Lipinski definition) is 1. The molecule has 3 rings (SSSR count). The summed E-state index contributed by atoms with van der Waals surface area (Å²) in [5, 5.41) is 14.0. The lowest BCUT2D eigenvalue weighted by atomic mass is 10.2. The van der Waals surface area contributed by atoms with Gasteiger partial charge in [0.25, 0.3) is 0 Å². The number of carbonyl (C=O) groups is 1. The van der Waals surface area contributed by atoms with E-state index in [1.165, 1.54) is 0 Å². The van der Waals surface area contributed by atoms with Crippen LogP contribution in [0.15, 0.2) is 12.3 Å². The summed E-state index contributed by atoms with van der Waals surface area (Å²) in [7, 11) is 0. The number of fused-ring (bicyclic) bond motifs is 1. The molecular weight excluding hydrogens is 361 g/mol. The lowest BCUT2D eigenvalue weighted by molar-refractivity contribution is -0.0372. The molecule has 0 spiro atoms.